The Balaban J connectivity index is 1.57. The lowest BCUT2D eigenvalue weighted by Gasteiger charge is -2.34. The summed E-state index contributed by atoms with van der Waals surface area (Å²) in [5.74, 6) is 1.85. The summed E-state index contributed by atoms with van der Waals surface area (Å²) < 4.78 is 16.5. The summed E-state index contributed by atoms with van der Waals surface area (Å²) in [7, 11) is 0. The maximum absolute atomic E-state index is 12.3. The fraction of sp³-hybridized carbons (Fsp3) is 0.562. The van der Waals surface area contributed by atoms with Crippen molar-refractivity contribution in [3.05, 3.63) is 29.7 Å². The van der Waals surface area contributed by atoms with Crippen LogP contribution in [0.5, 0.6) is 0 Å². The van der Waals surface area contributed by atoms with Gasteiger partial charge in [0.25, 0.3) is 0 Å². The average molecular weight is 291 g/mol. The van der Waals surface area contributed by atoms with Crippen molar-refractivity contribution in [1.82, 2.24) is 4.90 Å². The van der Waals surface area contributed by atoms with Crippen LogP contribution >= 0.6 is 0 Å². The second kappa shape index (κ2) is 6.45. The van der Waals surface area contributed by atoms with Gasteiger partial charge in [-0.25, -0.2) is 0 Å². The molecule has 0 spiro atoms. The summed E-state index contributed by atoms with van der Waals surface area (Å²) in [5.41, 5.74) is 0. The van der Waals surface area contributed by atoms with Gasteiger partial charge in [0.15, 0.2) is 6.29 Å². The average Bonchev–Trinajstić information content (AvgIpc) is 3.16. The number of aryl methyl sites for hydroxylation is 1. The van der Waals surface area contributed by atoms with Crippen LogP contribution < -0.4 is 0 Å². The van der Waals surface area contributed by atoms with E-state index < -0.39 is 0 Å². The van der Waals surface area contributed by atoms with E-state index >= 15 is 0 Å². The largest absolute Gasteiger partial charge is 0.462 e. The van der Waals surface area contributed by atoms with Gasteiger partial charge in [0.1, 0.15) is 11.5 Å². The number of likely N-dealkylation sites (tertiary alicyclic amines) is 1. The third-order valence-corrected chi connectivity index (χ3v) is 3.95. The summed E-state index contributed by atoms with van der Waals surface area (Å²) in [6.45, 7) is 4.70. The smallest absolute Gasteiger partial charge is 0.246 e. The van der Waals surface area contributed by atoms with Gasteiger partial charge in [-0.1, -0.05) is 0 Å². The molecule has 0 aliphatic carbocycles. The topological polar surface area (TPSA) is 51.9 Å². The number of amides is 1. The van der Waals surface area contributed by atoms with Gasteiger partial charge in [-0.15, -0.1) is 0 Å². The molecule has 0 aromatic carbocycles. The molecule has 5 heteroatoms. The van der Waals surface area contributed by atoms with Crippen molar-refractivity contribution in [3.63, 3.8) is 0 Å². The zero-order valence-corrected chi connectivity index (χ0v) is 12.3. The van der Waals surface area contributed by atoms with Crippen molar-refractivity contribution in [3.8, 4) is 0 Å². The number of piperidine rings is 1. The minimum atomic E-state index is -0.141. The molecule has 0 radical (unpaired) electrons. The molecule has 1 unspecified atom stereocenters. The summed E-state index contributed by atoms with van der Waals surface area (Å²) in [6.07, 6.45) is 5.21. The molecular formula is C16H21NO4. The first-order chi connectivity index (χ1) is 10.2. The quantitative estimate of drug-likeness (QED) is 0.801. The Morgan fingerprint density at radius 1 is 1.33 bits per heavy atom. The summed E-state index contributed by atoms with van der Waals surface area (Å²) >= 11 is 0. The van der Waals surface area contributed by atoms with Gasteiger partial charge in [0, 0.05) is 25.1 Å². The number of rotatable bonds is 3. The lowest BCUT2D eigenvalue weighted by Crippen LogP contribution is -2.43. The van der Waals surface area contributed by atoms with Crippen molar-refractivity contribution in [2.75, 3.05) is 26.3 Å². The van der Waals surface area contributed by atoms with Crippen molar-refractivity contribution in [1.29, 1.82) is 0 Å². The molecule has 1 aromatic rings. The SMILES string of the molecule is Cc1ccc(/C=C/C(=O)N2CCCC(C3OCCO3)C2)o1. The van der Waals surface area contributed by atoms with Crippen LogP contribution in [-0.4, -0.2) is 43.4 Å². The van der Waals surface area contributed by atoms with E-state index in [9.17, 15) is 4.79 Å². The molecule has 21 heavy (non-hydrogen) atoms. The molecule has 2 aliphatic rings. The lowest BCUT2D eigenvalue weighted by atomic mass is 9.97. The molecule has 1 aromatic heterocycles. The zero-order valence-electron chi connectivity index (χ0n) is 12.3. The van der Waals surface area contributed by atoms with Crippen molar-refractivity contribution in [2.45, 2.75) is 26.1 Å². The predicted molar refractivity (Wildman–Crippen MR) is 77.5 cm³/mol. The Hall–Kier alpha value is -1.59. The van der Waals surface area contributed by atoms with Gasteiger partial charge in [0.2, 0.25) is 5.91 Å². The Bertz CT molecular complexity index is 516. The number of carbonyl (C=O) groups excluding carboxylic acids is 1. The second-order valence-corrected chi connectivity index (χ2v) is 5.58. The first kappa shape index (κ1) is 14.4. The van der Waals surface area contributed by atoms with E-state index in [2.05, 4.69) is 0 Å². The molecule has 5 nitrogen and oxygen atoms in total. The van der Waals surface area contributed by atoms with Crippen LogP contribution in [0.4, 0.5) is 0 Å². The Kier molecular flexibility index (Phi) is 4.41. The van der Waals surface area contributed by atoms with E-state index in [4.69, 9.17) is 13.9 Å². The van der Waals surface area contributed by atoms with Crippen LogP contribution in [0, 0.1) is 12.8 Å². The van der Waals surface area contributed by atoms with Crippen LogP contribution in [0.25, 0.3) is 6.08 Å². The van der Waals surface area contributed by atoms with Gasteiger partial charge in [-0.2, -0.15) is 0 Å². The summed E-state index contributed by atoms with van der Waals surface area (Å²) in [5, 5.41) is 0. The molecule has 2 saturated heterocycles. The number of ether oxygens (including phenoxy) is 2. The van der Waals surface area contributed by atoms with Crippen molar-refractivity contribution >= 4 is 12.0 Å². The third kappa shape index (κ3) is 3.54. The highest BCUT2D eigenvalue weighted by Crippen LogP contribution is 2.25. The highest BCUT2D eigenvalue weighted by atomic mass is 16.7. The zero-order chi connectivity index (χ0) is 14.7. The Labute approximate surface area is 124 Å². The minimum Gasteiger partial charge on any atom is -0.462 e. The molecular weight excluding hydrogens is 270 g/mol. The lowest BCUT2D eigenvalue weighted by molar-refractivity contribution is -0.134. The van der Waals surface area contributed by atoms with Gasteiger partial charge >= 0.3 is 0 Å². The van der Waals surface area contributed by atoms with Crippen LogP contribution in [0.2, 0.25) is 0 Å². The molecule has 1 atom stereocenters. The van der Waals surface area contributed by atoms with Crippen molar-refractivity contribution in [2.24, 2.45) is 5.92 Å². The normalized spacial score (nSPS) is 24.0. The fourth-order valence-electron chi connectivity index (χ4n) is 2.88. The standard InChI is InChI=1S/C16H21NO4/c1-12-4-5-14(21-12)6-7-15(18)17-8-2-3-13(11-17)16-19-9-10-20-16/h4-7,13,16H,2-3,8-11H2,1H3/b7-6+. The van der Waals surface area contributed by atoms with Gasteiger partial charge in [-0.05, 0) is 38.0 Å². The summed E-state index contributed by atoms with van der Waals surface area (Å²) in [4.78, 5) is 14.1. The maximum atomic E-state index is 12.3. The molecule has 0 saturated carbocycles. The van der Waals surface area contributed by atoms with E-state index in [1.165, 1.54) is 0 Å². The van der Waals surface area contributed by atoms with E-state index in [-0.39, 0.29) is 18.1 Å². The van der Waals surface area contributed by atoms with E-state index in [0.717, 1.165) is 25.1 Å². The number of nitrogens with zero attached hydrogens (tertiary/aromatic N) is 1. The molecule has 2 fully saturated rings. The molecule has 0 bridgehead atoms. The van der Waals surface area contributed by atoms with Gasteiger partial charge in [0.05, 0.1) is 13.2 Å². The molecule has 114 valence electrons. The van der Waals surface area contributed by atoms with E-state index in [0.29, 0.717) is 25.5 Å². The minimum absolute atomic E-state index is 0.0201. The van der Waals surface area contributed by atoms with Crippen LogP contribution in [0.15, 0.2) is 22.6 Å². The van der Waals surface area contributed by atoms with E-state index in [1.807, 2.05) is 24.0 Å². The Morgan fingerprint density at radius 3 is 2.86 bits per heavy atom. The maximum Gasteiger partial charge on any atom is 0.246 e. The van der Waals surface area contributed by atoms with Crippen LogP contribution in [0.3, 0.4) is 0 Å². The van der Waals surface area contributed by atoms with Gasteiger partial charge in [-0.3, -0.25) is 4.79 Å². The molecule has 3 rings (SSSR count). The highest BCUT2D eigenvalue weighted by Gasteiger charge is 2.32. The first-order valence-electron chi connectivity index (χ1n) is 7.49. The molecule has 1 amide bonds. The van der Waals surface area contributed by atoms with Crippen molar-refractivity contribution < 1.29 is 18.7 Å². The molecule has 0 N–H and O–H groups in total. The number of carbonyl (C=O) groups is 1. The van der Waals surface area contributed by atoms with E-state index in [1.54, 1.807) is 12.2 Å². The fourth-order valence-corrected chi connectivity index (χ4v) is 2.88. The number of hydrogen-bond acceptors (Lipinski definition) is 4. The van der Waals surface area contributed by atoms with Crippen LogP contribution in [-0.2, 0) is 14.3 Å². The second-order valence-electron chi connectivity index (χ2n) is 5.58. The third-order valence-electron chi connectivity index (χ3n) is 3.95. The van der Waals surface area contributed by atoms with Gasteiger partial charge < -0.3 is 18.8 Å². The molecule has 2 aliphatic heterocycles. The number of furan rings is 1. The monoisotopic (exact) mass is 291 g/mol. The summed E-state index contributed by atoms with van der Waals surface area (Å²) in [6, 6.07) is 3.74. The predicted octanol–water partition coefficient (Wildman–Crippen LogP) is 2.21. The Morgan fingerprint density at radius 2 is 2.14 bits per heavy atom. The first-order valence-corrected chi connectivity index (χ1v) is 7.49. The van der Waals surface area contributed by atoms with Crippen LogP contribution in [0.1, 0.15) is 24.4 Å². The molecule has 3 heterocycles. The highest BCUT2D eigenvalue weighted by molar-refractivity contribution is 5.91. The number of hydrogen-bond donors (Lipinski definition) is 0.